The zero-order valence-electron chi connectivity index (χ0n) is 11.4. The number of carboxylic acid groups (broad SMARTS) is 1. The molecular weight excluding hydrogens is 308 g/mol. The molecule has 0 aliphatic rings. The van der Waals surface area contributed by atoms with Crippen molar-refractivity contribution in [2.24, 2.45) is 0 Å². The molecule has 0 saturated carbocycles. The topological polar surface area (TPSA) is 83.9 Å². The largest absolute Gasteiger partial charge is 0.480 e. The zero-order valence-corrected chi connectivity index (χ0v) is 12.2. The number of benzene rings is 1. The molecule has 0 bridgehead atoms. The van der Waals surface area contributed by atoms with Crippen LogP contribution in [0.3, 0.4) is 0 Å². The summed E-state index contributed by atoms with van der Waals surface area (Å²) >= 11 is 0. The summed E-state index contributed by atoms with van der Waals surface area (Å²) in [6, 6.07) is 5.41. The third kappa shape index (κ3) is 4.64. The lowest BCUT2D eigenvalue weighted by Crippen LogP contribution is -2.38. The number of hydrogen-bond donors (Lipinski definition) is 1. The van der Waals surface area contributed by atoms with E-state index in [-0.39, 0.29) is 12.3 Å². The van der Waals surface area contributed by atoms with Crippen molar-refractivity contribution < 1.29 is 31.8 Å². The summed E-state index contributed by atoms with van der Waals surface area (Å²) in [7, 11) is -2.73. The average Bonchev–Trinajstić information content (AvgIpc) is 2.39. The predicted molar refractivity (Wildman–Crippen MR) is 70.6 cm³/mol. The minimum atomic E-state index is -3.98. The number of sulfonamides is 1. The second kappa shape index (κ2) is 6.81. The minimum absolute atomic E-state index is 0.0434. The van der Waals surface area contributed by atoms with Gasteiger partial charge in [-0.25, -0.2) is 8.42 Å². The Kier molecular flexibility index (Phi) is 5.62. The van der Waals surface area contributed by atoms with Crippen LogP contribution >= 0.6 is 0 Å². The van der Waals surface area contributed by atoms with Crippen molar-refractivity contribution in [2.75, 3.05) is 7.05 Å². The quantitative estimate of drug-likeness (QED) is 0.822. The number of nitrogens with zero attached hydrogens (tertiary/aromatic N) is 1. The van der Waals surface area contributed by atoms with Crippen LogP contribution in [0.5, 0.6) is 5.75 Å². The third-order valence-corrected chi connectivity index (χ3v) is 4.88. The molecular formula is C12H15F2NO5S. The molecule has 0 aromatic heterocycles. The van der Waals surface area contributed by atoms with Gasteiger partial charge in [0.1, 0.15) is 5.75 Å². The Balaban J connectivity index is 2.79. The highest BCUT2D eigenvalue weighted by Crippen LogP contribution is 2.17. The smallest absolute Gasteiger partial charge is 0.387 e. The number of ether oxygens (including phenoxy) is 1. The minimum Gasteiger partial charge on any atom is -0.480 e. The first-order valence-corrected chi connectivity index (χ1v) is 7.36. The summed E-state index contributed by atoms with van der Waals surface area (Å²) < 4.78 is 52.9. The van der Waals surface area contributed by atoms with Gasteiger partial charge in [0.05, 0.1) is 0 Å². The second-order valence-electron chi connectivity index (χ2n) is 4.30. The molecule has 118 valence electrons. The lowest BCUT2D eigenvalue weighted by atomic mass is 10.2. The van der Waals surface area contributed by atoms with E-state index in [2.05, 4.69) is 4.74 Å². The third-order valence-electron chi connectivity index (χ3n) is 2.78. The van der Waals surface area contributed by atoms with E-state index in [0.717, 1.165) is 11.2 Å². The number of carbonyl (C=O) groups is 1. The fourth-order valence-corrected chi connectivity index (χ4v) is 2.64. The molecule has 6 nitrogen and oxygen atoms in total. The molecule has 0 spiro atoms. The van der Waals surface area contributed by atoms with E-state index in [1.54, 1.807) is 0 Å². The molecule has 21 heavy (non-hydrogen) atoms. The molecule has 1 aromatic rings. The van der Waals surface area contributed by atoms with Crippen LogP contribution in [0.2, 0.25) is 0 Å². The van der Waals surface area contributed by atoms with Crippen molar-refractivity contribution in [3.63, 3.8) is 0 Å². The van der Waals surface area contributed by atoms with E-state index in [9.17, 15) is 22.0 Å². The summed E-state index contributed by atoms with van der Waals surface area (Å²) in [4.78, 5) is 10.8. The molecule has 0 amide bonds. The number of carboxylic acids is 1. The fraction of sp³-hybridized carbons (Fsp3) is 0.417. The molecule has 1 atom stereocenters. The van der Waals surface area contributed by atoms with Crippen LogP contribution in [0, 0.1) is 0 Å². The van der Waals surface area contributed by atoms with Gasteiger partial charge in [0.25, 0.3) is 0 Å². The summed E-state index contributed by atoms with van der Waals surface area (Å²) in [5, 5.41) is 7.19. The van der Waals surface area contributed by atoms with E-state index in [0.29, 0.717) is 5.56 Å². The summed E-state index contributed by atoms with van der Waals surface area (Å²) in [6.45, 7) is -1.93. The van der Waals surface area contributed by atoms with Crippen molar-refractivity contribution in [1.82, 2.24) is 4.31 Å². The number of halogens is 2. The molecule has 9 heteroatoms. The first kappa shape index (κ1) is 17.3. The van der Waals surface area contributed by atoms with E-state index in [1.165, 1.54) is 31.3 Å². The summed E-state index contributed by atoms with van der Waals surface area (Å²) in [5.74, 6) is -1.49. The molecule has 1 aromatic carbocycles. The Labute approximate surface area is 121 Å². The maximum absolute atomic E-state index is 12.0. The lowest BCUT2D eigenvalue weighted by molar-refractivity contribution is -0.136. The summed E-state index contributed by atoms with van der Waals surface area (Å²) in [5.41, 5.74) is 0.514. The normalized spacial score (nSPS) is 13.4. The number of rotatable bonds is 7. The lowest BCUT2D eigenvalue weighted by Gasteiger charge is -2.19. The van der Waals surface area contributed by atoms with Crippen LogP contribution < -0.4 is 4.74 Å². The Hall–Kier alpha value is -1.74. The highest BCUT2D eigenvalue weighted by atomic mass is 32.2. The maximum atomic E-state index is 12.0. The molecule has 0 aliphatic carbocycles. The van der Waals surface area contributed by atoms with E-state index in [4.69, 9.17) is 5.11 Å². The standard InChI is InChI=1S/C12H15F2NO5S/c1-8(11(16)17)21(18,19)15(2)7-9-3-5-10(6-4-9)20-12(13)14/h3-6,8,12H,7H2,1-2H3,(H,16,17). The monoisotopic (exact) mass is 323 g/mol. The highest BCUT2D eigenvalue weighted by Gasteiger charge is 2.31. The molecule has 0 saturated heterocycles. The summed E-state index contributed by atoms with van der Waals surface area (Å²) in [6.07, 6.45) is 0. The molecule has 1 rings (SSSR count). The molecule has 1 unspecified atom stereocenters. The number of alkyl halides is 2. The maximum Gasteiger partial charge on any atom is 0.387 e. The zero-order chi connectivity index (χ0) is 16.2. The van der Waals surface area contributed by atoms with E-state index in [1.807, 2.05) is 0 Å². The van der Waals surface area contributed by atoms with Crippen LogP contribution in [-0.4, -0.2) is 42.7 Å². The Morgan fingerprint density at radius 2 is 1.86 bits per heavy atom. The SMILES string of the molecule is CC(C(=O)O)S(=O)(=O)N(C)Cc1ccc(OC(F)F)cc1. The predicted octanol–water partition coefficient (Wildman–Crippen LogP) is 1.52. The fourth-order valence-electron chi connectivity index (χ4n) is 1.52. The van der Waals surface area contributed by atoms with Crippen molar-refractivity contribution in [3.8, 4) is 5.75 Å². The van der Waals surface area contributed by atoms with Gasteiger partial charge < -0.3 is 9.84 Å². The Morgan fingerprint density at radius 1 is 1.33 bits per heavy atom. The van der Waals surface area contributed by atoms with Gasteiger partial charge in [-0.15, -0.1) is 0 Å². The van der Waals surface area contributed by atoms with Gasteiger partial charge in [0, 0.05) is 13.6 Å². The van der Waals surface area contributed by atoms with Crippen LogP contribution in [0.1, 0.15) is 12.5 Å². The van der Waals surface area contributed by atoms with Gasteiger partial charge in [-0.1, -0.05) is 12.1 Å². The van der Waals surface area contributed by atoms with Crippen molar-refractivity contribution in [3.05, 3.63) is 29.8 Å². The van der Waals surface area contributed by atoms with Crippen molar-refractivity contribution in [2.45, 2.75) is 25.3 Å². The molecule has 0 heterocycles. The van der Waals surface area contributed by atoms with Gasteiger partial charge in [-0.2, -0.15) is 13.1 Å². The van der Waals surface area contributed by atoms with Crippen LogP contribution in [0.4, 0.5) is 8.78 Å². The Morgan fingerprint density at radius 3 is 2.29 bits per heavy atom. The average molecular weight is 323 g/mol. The van der Waals surface area contributed by atoms with Gasteiger partial charge in [0.2, 0.25) is 10.0 Å². The second-order valence-corrected chi connectivity index (χ2v) is 6.66. The molecule has 1 N–H and O–H groups in total. The van der Waals surface area contributed by atoms with E-state index < -0.39 is 27.9 Å². The van der Waals surface area contributed by atoms with Crippen LogP contribution in [0.25, 0.3) is 0 Å². The van der Waals surface area contributed by atoms with Gasteiger partial charge in [-0.05, 0) is 24.6 Å². The van der Waals surface area contributed by atoms with Crippen LogP contribution in [-0.2, 0) is 21.4 Å². The molecule has 0 fully saturated rings. The van der Waals surface area contributed by atoms with Crippen molar-refractivity contribution in [1.29, 1.82) is 0 Å². The molecule has 0 aliphatic heterocycles. The van der Waals surface area contributed by atoms with Gasteiger partial charge in [0.15, 0.2) is 5.25 Å². The van der Waals surface area contributed by atoms with Gasteiger partial charge in [-0.3, -0.25) is 4.79 Å². The highest BCUT2D eigenvalue weighted by molar-refractivity contribution is 7.90. The van der Waals surface area contributed by atoms with E-state index >= 15 is 0 Å². The van der Waals surface area contributed by atoms with Crippen molar-refractivity contribution >= 4 is 16.0 Å². The number of aliphatic carboxylic acids is 1. The van der Waals surface area contributed by atoms with Gasteiger partial charge >= 0.3 is 12.6 Å². The first-order chi connectivity index (χ1) is 9.64. The molecule has 0 radical (unpaired) electrons. The number of hydrogen-bond acceptors (Lipinski definition) is 4. The Bertz CT molecular complexity index is 588. The van der Waals surface area contributed by atoms with Crippen LogP contribution in [0.15, 0.2) is 24.3 Å². The first-order valence-electron chi connectivity index (χ1n) is 5.86.